The van der Waals surface area contributed by atoms with Crippen LogP contribution >= 0.6 is 0 Å². The van der Waals surface area contributed by atoms with Crippen LogP contribution in [0.4, 0.5) is 0 Å². The van der Waals surface area contributed by atoms with Gasteiger partial charge in [-0.1, -0.05) is 30.3 Å². The van der Waals surface area contributed by atoms with Crippen molar-refractivity contribution < 1.29 is 13.2 Å². The fourth-order valence-corrected chi connectivity index (χ4v) is 4.05. The first-order valence-corrected chi connectivity index (χ1v) is 9.47. The van der Waals surface area contributed by atoms with Crippen molar-refractivity contribution in [1.29, 1.82) is 0 Å². The zero-order valence-corrected chi connectivity index (χ0v) is 14.2. The molecule has 0 spiro atoms. The Kier molecular flexibility index (Phi) is 4.42. The quantitative estimate of drug-likeness (QED) is 0.863. The van der Waals surface area contributed by atoms with Crippen molar-refractivity contribution >= 4 is 15.9 Å². The van der Waals surface area contributed by atoms with Gasteiger partial charge < -0.3 is 4.90 Å². The SMILES string of the molecule is Cc1c(-c2ccccc2)n[nH]c1C(=O)N1CC[C@H](CS(N)(=O)=O)C1. The number of likely N-dealkylation sites (tertiary alicyclic amines) is 1. The number of aromatic amines is 1. The number of nitrogens with zero attached hydrogens (tertiary/aromatic N) is 2. The molecule has 7 nitrogen and oxygen atoms in total. The van der Waals surface area contributed by atoms with Crippen LogP contribution in [0.5, 0.6) is 0 Å². The van der Waals surface area contributed by atoms with Crippen molar-refractivity contribution in [2.75, 3.05) is 18.8 Å². The number of carbonyl (C=O) groups excluding carboxylic acids is 1. The van der Waals surface area contributed by atoms with E-state index in [-0.39, 0.29) is 17.6 Å². The standard InChI is InChI=1S/C16H20N4O3S/c1-11-14(13-5-3-2-4-6-13)18-19-15(11)16(21)20-8-7-12(9-20)10-24(17,22)23/h2-6,12H,7-10H2,1H3,(H,18,19)(H2,17,22,23)/t12-/m0/s1. The Balaban J connectivity index is 1.76. The fraction of sp³-hybridized carbons (Fsp3) is 0.375. The van der Waals surface area contributed by atoms with E-state index in [0.29, 0.717) is 25.2 Å². The average molecular weight is 348 g/mol. The van der Waals surface area contributed by atoms with Crippen LogP contribution in [0.3, 0.4) is 0 Å². The molecular formula is C16H20N4O3S. The third-order valence-electron chi connectivity index (χ3n) is 4.31. The molecule has 1 aromatic heterocycles. The second kappa shape index (κ2) is 6.37. The summed E-state index contributed by atoms with van der Waals surface area (Å²) in [5.74, 6) is -0.353. The number of sulfonamides is 1. The number of rotatable bonds is 4. The molecule has 1 aromatic carbocycles. The summed E-state index contributed by atoms with van der Waals surface area (Å²) in [6.07, 6.45) is 0.640. The van der Waals surface area contributed by atoms with Gasteiger partial charge in [0.05, 0.1) is 11.4 Å². The minimum atomic E-state index is -3.52. The maximum absolute atomic E-state index is 12.7. The van der Waals surface area contributed by atoms with Crippen molar-refractivity contribution in [3.63, 3.8) is 0 Å². The van der Waals surface area contributed by atoms with Crippen LogP contribution in [-0.4, -0.2) is 48.3 Å². The first-order chi connectivity index (χ1) is 11.3. The summed E-state index contributed by atoms with van der Waals surface area (Å²) < 4.78 is 22.4. The lowest BCUT2D eigenvalue weighted by Crippen LogP contribution is -2.31. The van der Waals surface area contributed by atoms with E-state index in [4.69, 9.17) is 5.14 Å². The van der Waals surface area contributed by atoms with E-state index in [0.717, 1.165) is 16.8 Å². The van der Waals surface area contributed by atoms with Gasteiger partial charge >= 0.3 is 0 Å². The first-order valence-electron chi connectivity index (χ1n) is 7.75. The maximum Gasteiger partial charge on any atom is 0.272 e. The topological polar surface area (TPSA) is 109 Å². The van der Waals surface area contributed by atoms with Gasteiger partial charge in [-0.3, -0.25) is 9.89 Å². The Morgan fingerprint density at radius 3 is 2.75 bits per heavy atom. The first kappa shape index (κ1) is 16.7. The smallest absolute Gasteiger partial charge is 0.272 e. The summed E-state index contributed by atoms with van der Waals surface area (Å²) in [7, 11) is -3.52. The van der Waals surface area contributed by atoms with Crippen LogP contribution in [-0.2, 0) is 10.0 Å². The predicted octanol–water partition coefficient (Wildman–Crippen LogP) is 1.14. The molecule has 0 radical (unpaired) electrons. The van der Waals surface area contributed by atoms with Gasteiger partial charge in [0, 0.05) is 24.2 Å². The minimum Gasteiger partial charge on any atom is -0.337 e. The summed E-state index contributed by atoms with van der Waals surface area (Å²) in [4.78, 5) is 14.4. The monoisotopic (exact) mass is 348 g/mol. The van der Waals surface area contributed by atoms with Crippen molar-refractivity contribution in [1.82, 2.24) is 15.1 Å². The van der Waals surface area contributed by atoms with Crippen LogP contribution < -0.4 is 5.14 Å². The third kappa shape index (κ3) is 3.49. The van der Waals surface area contributed by atoms with E-state index in [2.05, 4.69) is 10.2 Å². The summed E-state index contributed by atoms with van der Waals surface area (Å²) in [5, 5.41) is 12.2. The number of nitrogens with one attached hydrogen (secondary N) is 1. The van der Waals surface area contributed by atoms with Crippen molar-refractivity contribution in [3.05, 3.63) is 41.6 Å². The highest BCUT2D eigenvalue weighted by molar-refractivity contribution is 7.89. The normalized spacial score (nSPS) is 18.1. The second-order valence-corrected chi connectivity index (χ2v) is 7.83. The molecule has 0 bridgehead atoms. The number of carbonyl (C=O) groups is 1. The number of hydrogen-bond donors (Lipinski definition) is 2. The molecule has 1 aliphatic rings. The third-order valence-corrected chi connectivity index (χ3v) is 5.25. The Bertz CT molecular complexity index is 845. The lowest BCUT2D eigenvalue weighted by Gasteiger charge is -2.15. The van der Waals surface area contributed by atoms with Gasteiger partial charge in [0.1, 0.15) is 5.69 Å². The molecule has 1 atom stereocenters. The van der Waals surface area contributed by atoms with Crippen LogP contribution in [0.25, 0.3) is 11.3 Å². The van der Waals surface area contributed by atoms with Gasteiger partial charge in [-0.05, 0) is 19.3 Å². The summed E-state index contributed by atoms with van der Waals surface area (Å²) >= 11 is 0. The molecule has 1 saturated heterocycles. The molecule has 3 N–H and O–H groups in total. The Hall–Kier alpha value is -2.19. The molecule has 2 aromatic rings. The molecule has 1 amide bonds. The van der Waals surface area contributed by atoms with E-state index in [1.807, 2.05) is 37.3 Å². The van der Waals surface area contributed by atoms with Gasteiger partial charge in [-0.25, -0.2) is 13.6 Å². The molecule has 1 fully saturated rings. The zero-order chi connectivity index (χ0) is 17.3. The van der Waals surface area contributed by atoms with Gasteiger partial charge in [0.15, 0.2) is 0 Å². The van der Waals surface area contributed by atoms with Crippen LogP contribution in [0.15, 0.2) is 30.3 Å². The van der Waals surface area contributed by atoms with E-state index < -0.39 is 10.0 Å². The maximum atomic E-state index is 12.7. The molecule has 2 heterocycles. The van der Waals surface area contributed by atoms with Crippen molar-refractivity contribution in [2.45, 2.75) is 13.3 Å². The van der Waals surface area contributed by atoms with Crippen LogP contribution in [0, 0.1) is 12.8 Å². The Morgan fingerprint density at radius 2 is 2.08 bits per heavy atom. The second-order valence-electron chi connectivity index (χ2n) is 6.17. The molecule has 128 valence electrons. The number of H-pyrrole nitrogens is 1. The van der Waals surface area contributed by atoms with Gasteiger partial charge in [0.25, 0.3) is 5.91 Å². The molecule has 3 rings (SSSR count). The lowest BCUT2D eigenvalue weighted by atomic mass is 10.1. The largest absolute Gasteiger partial charge is 0.337 e. The van der Waals surface area contributed by atoms with Crippen LogP contribution in [0.2, 0.25) is 0 Å². The highest BCUT2D eigenvalue weighted by atomic mass is 32.2. The Morgan fingerprint density at radius 1 is 1.38 bits per heavy atom. The Labute approximate surface area is 140 Å². The fourth-order valence-electron chi connectivity index (χ4n) is 3.12. The molecule has 8 heteroatoms. The predicted molar refractivity (Wildman–Crippen MR) is 90.7 cm³/mol. The highest BCUT2D eigenvalue weighted by Gasteiger charge is 2.31. The molecular weight excluding hydrogens is 328 g/mol. The number of nitrogens with two attached hydrogens (primary N) is 1. The van der Waals surface area contributed by atoms with Gasteiger partial charge in [-0.15, -0.1) is 0 Å². The summed E-state index contributed by atoms with van der Waals surface area (Å²) in [6.45, 7) is 2.78. The van der Waals surface area contributed by atoms with E-state index in [9.17, 15) is 13.2 Å². The number of primary sulfonamides is 1. The number of amides is 1. The van der Waals surface area contributed by atoms with Crippen molar-refractivity contribution in [2.24, 2.45) is 11.1 Å². The van der Waals surface area contributed by atoms with E-state index in [1.165, 1.54) is 0 Å². The van der Waals surface area contributed by atoms with Crippen molar-refractivity contribution in [3.8, 4) is 11.3 Å². The lowest BCUT2D eigenvalue weighted by molar-refractivity contribution is 0.0781. The number of benzene rings is 1. The van der Waals surface area contributed by atoms with E-state index >= 15 is 0 Å². The van der Waals surface area contributed by atoms with E-state index in [1.54, 1.807) is 4.90 Å². The molecule has 0 saturated carbocycles. The van der Waals surface area contributed by atoms with Crippen LogP contribution in [0.1, 0.15) is 22.5 Å². The molecule has 0 aliphatic carbocycles. The summed E-state index contributed by atoms with van der Waals surface area (Å²) in [5.41, 5.74) is 2.93. The summed E-state index contributed by atoms with van der Waals surface area (Å²) in [6, 6.07) is 9.64. The average Bonchev–Trinajstić information content (AvgIpc) is 3.13. The molecule has 1 aliphatic heterocycles. The highest BCUT2D eigenvalue weighted by Crippen LogP contribution is 2.25. The molecule has 0 unspecified atom stereocenters. The minimum absolute atomic E-state index is 0.0893. The molecule has 24 heavy (non-hydrogen) atoms. The number of hydrogen-bond acceptors (Lipinski definition) is 4. The van der Waals surface area contributed by atoms with Gasteiger partial charge in [0.2, 0.25) is 10.0 Å². The number of aromatic nitrogens is 2. The van der Waals surface area contributed by atoms with Gasteiger partial charge in [-0.2, -0.15) is 5.10 Å². The zero-order valence-electron chi connectivity index (χ0n) is 13.4.